The smallest absolute Gasteiger partial charge is 0.208 e. The van der Waals surface area contributed by atoms with Crippen molar-refractivity contribution in [1.29, 1.82) is 0 Å². The average molecular weight is 362 g/mol. The Morgan fingerprint density at radius 1 is 1.20 bits per heavy atom. The quantitative estimate of drug-likeness (QED) is 0.745. The highest BCUT2D eigenvalue weighted by molar-refractivity contribution is 9.10. The summed E-state index contributed by atoms with van der Waals surface area (Å²) in [7, 11) is -3.45. The molecule has 0 amide bonds. The summed E-state index contributed by atoms with van der Waals surface area (Å²) >= 11 is 3.34. The number of halogens is 1. The molecule has 0 aliphatic rings. The van der Waals surface area contributed by atoms with Gasteiger partial charge >= 0.3 is 0 Å². The lowest BCUT2D eigenvalue weighted by molar-refractivity contribution is 0.483. The first-order chi connectivity index (χ1) is 9.40. The monoisotopic (exact) mass is 361 g/mol. The van der Waals surface area contributed by atoms with Gasteiger partial charge in [-0.05, 0) is 37.5 Å². The molecule has 0 spiro atoms. The molecule has 114 valence electrons. The number of unbranched alkanes of at least 4 members (excludes halogenated alkanes) is 1. The number of sulfonamides is 1. The molecule has 1 unspecified atom stereocenters. The molecule has 1 atom stereocenters. The Morgan fingerprint density at radius 3 is 2.50 bits per heavy atom. The average Bonchev–Trinajstić information content (AvgIpc) is 2.38. The Bertz CT molecular complexity index is 529. The molecule has 20 heavy (non-hydrogen) atoms. The lowest BCUT2D eigenvalue weighted by Gasteiger charge is -2.19. The third-order valence-electron chi connectivity index (χ3n) is 3.30. The second kappa shape index (κ2) is 8.15. The number of benzene rings is 1. The van der Waals surface area contributed by atoms with Crippen molar-refractivity contribution in [3.8, 4) is 0 Å². The fraction of sp³-hybridized carbons (Fsp3) is 0.600. The Morgan fingerprint density at radius 2 is 1.90 bits per heavy atom. The van der Waals surface area contributed by atoms with Crippen LogP contribution in [-0.2, 0) is 10.0 Å². The highest BCUT2D eigenvalue weighted by Gasteiger charge is 2.21. The summed E-state index contributed by atoms with van der Waals surface area (Å²) in [5.74, 6) is 0. The van der Waals surface area contributed by atoms with Crippen molar-refractivity contribution in [3.63, 3.8) is 0 Å². The Balaban J connectivity index is 2.93. The standard InChI is InChI=1S/C15H24BrNO2S/c1-4-6-8-14(7-5-2)17-20(18,19)15-11-13(16)10-9-12(15)3/h9-11,14,17H,4-8H2,1-3H3. The maximum atomic E-state index is 12.5. The van der Waals surface area contributed by atoms with Gasteiger partial charge in [0.2, 0.25) is 10.0 Å². The van der Waals surface area contributed by atoms with Crippen molar-refractivity contribution in [3.05, 3.63) is 28.2 Å². The SMILES string of the molecule is CCCCC(CCC)NS(=O)(=O)c1cc(Br)ccc1C. The predicted molar refractivity (Wildman–Crippen MR) is 87.4 cm³/mol. The highest BCUT2D eigenvalue weighted by atomic mass is 79.9. The lowest BCUT2D eigenvalue weighted by atomic mass is 10.1. The maximum absolute atomic E-state index is 12.5. The molecule has 1 aromatic rings. The fourth-order valence-corrected chi connectivity index (χ4v) is 4.30. The molecule has 0 radical (unpaired) electrons. The van der Waals surface area contributed by atoms with Gasteiger partial charge in [0.1, 0.15) is 0 Å². The summed E-state index contributed by atoms with van der Waals surface area (Å²) in [5.41, 5.74) is 0.770. The molecule has 1 rings (SSSR count). The van der Waals surface area contributed by atoms with E-state index in [4.69, 9.17) is 0 Å². The second-order valence-corrected chi connectivity index (χ2v) is 7.76. The lowest BCUT2D eigenvalue weighted by Crippen LogP contribution is -2.35. The van der Waals surface area contributed by atoms with Crippen molar-refractivity contribution in [2.45, 2.75) is 63.8 Å². The Hall–Kier alpha value is -0.390. The molecule has 5 heteroatoms. The molecule has 0 aliphatic carbocycles. The van der Waals surface area contributed by atoms with E-state index in [1.807, 2.05) is 19.1 Å². The third kappa shape index (κ3) is 5.19. The summed E-state index contributed by atoms with van der Waals surface area (Å²) in [6, 6.07) is 5.37. The summed E-state index contributed by atoms with van der Waals surface area (Å²) in [6.45, 7) is 6.02. The first kappa shape index (κ1) is 17.7. The Kier molecular flexibility index (Phi) is 7.20. The predicted octanol–water partition coefficient (Wildman–Crippen LogP) is 4.39. The number of hydrogen-bond acceptors (Lipinski definition) is 2. The molecule has 1 N–H and O–H groups in total. The van der Waals surface area contributed by atoms with Crippen LogP contribution in [0.15, 0.2) is 27.6 Å². The van der Waals surface area contributed by atoms with E-state index in [1.165, 1.54) is 0 Å². The third-order valence-corrected chi connectivity index (χ3v) is 5.46. The van der Waals surface area contributed by atoms with Gasteiger partial charge in [0.25, 0.3) is 0 Å². The normalized spacial score (nSPS) is 13.4. The molecule has 3 nitrogen and oxygen atoms in total. The van der Waals surface area contributed by atoms with E-state index in [0.717, 1.165) is 42.1 Å². The van der Waals surface area contributed by atoms with Gasteiger partial charge in [-0.3, -0.25) is 0 Å². The van der Waals surface area contributed by atoms with Gasteiger partial charge in [0, 0.05) is 10.5 Å². The van der Waals surface area contributed by atoms with Crippen LogP contribution >= 0.6 is 15.9 Å². The number of hydrogen-bond donors (Lipinski definition) is 1. The number of rotatable bonds is 8. The van der Waals surface area contributed by atoms with Crippen LogP contribution in [0.5, 0.6) is 0 Å². The van der Waals surface area contributed by atoms with Crippen LogP contribution in [0.1, 0.15) is 51.5 Å². The van der Waals surface area contributed by atoms with Crippen molar-refractivity contribution in [2.75, 3.05) is 0 Å². The molecule has 0 fully saturated rings. The maximum Gasteiger partial charge on any atom is 0.241 e. The fourth-order valence-electron chi connectivity index (χ4n) is 2.21. The summed E-state index contributed by atoms with van der Waals surface area (Å²) < 4.78 is 28.7. The largest absolute Gasteiger partial charge is 0.241 e. The molecular weight excluding hydrogens is 338 g/mol. The van der Waals surface area contributed by atoms with Crippen LogP contribution in [0.25, 0.3) is 0 Å². The van der Waals surface area contributed by atoms with Crippen LogP contribution in [0.2, 0.25) is 0 Å². The van der Waals surface area contributed by atoms with Gasteiger partial charge < -0.3 is 0 Å². The van der Waals surface area contributed by atoms with Crippen molar-refractivity contribution < 1.29 is 8.42 Å². The summed E-state index contributed by atoms with van der Waals surface area (Å²) in [6.07, 6.45) is 4.89. The van der Waals surface area contributed by atoms with E-state index in [9.17, 15) is 8.42 Å². The topological polar surface area (TPSA) is 46.2 Å². The molecule has 0 saturated carbocycles. The minimum Gasteiger partial charge on any atom is -0.208 e. The van der Waals surface area contributed by atoms with Crippen molar-refractivity contribution in [2.24, 2.45) is 0 Å². The molecular formula is C15H24BrNO2S. The van der Waals surface area contributed by atoms with Gasteiger partial charge in [0.05, 0.1) is 4.90 Å². The first-order valence-corrected chi connectivity index (χ1v) is 9.46. The van der Waals surface area contributed by atoms with E-state index < -0.39 is 10.0 Å². The molecule has 0 aliphatic heterocycles. The van der Waals surface area contributed by atoms with Gasteiger partial charge in [-0.25, -0.2) is 13.1 Å². The Labute approximate surface area is 131 Å². The van der Waals surface area contributed by atoms with Gasteiger partial charge in [0.15, 0.2) is 0 Å². The molecule has 0 bridgehead atoms. The van der Waals surface area contributed by atoms with Crippen LogP contribution < -0.4 is 4.72 Å². The van der Waals surface area contributed by atoms with Gasteiger partial charge in [-0.1, -0.05) is 55.1 Å². The molecule has 0 heterocycles. The summed E-state index contributed by atoms with van der Waals surface area (Å²) in [5, 5.41) is 0. The van der Waals surface area contributed by atoms with Crippen molar-refractivity contribution >= 4 is 26.0 Å². The van der Waals surface area contributed by atoms with E-state index in [-0.39, 0.29) is 6.04 Å². The van der Waals surface area contributed by atoms with E-state index in [0.29, 0.717) is 4.90 Å². The van der Waals surface area contributed by atoms with Crippen molar-refractivity contribution in [1.82, 2.24) is 4.72 Å². The van der Waals surface area contributed by atoms with Crippen LogP contribution in [0.4, 0.5) is 0 Å². The minimum absolute atomic E-state index is 0.0309. The van der Waals surface area contributed by atoms with Gasteiger partial charge in [-0.2, -0.15) is 0 Å². The molecule has 0 aromatic heterocycles. The zero-order chi connectivity index (χ0) is 15.2. The van der Waals surface area contributed by atoms with Gasteiger partial charge in [-0.15, -0.1) is 0 Å². The van der Waals surface area contributed by atoms with Crippen LogP contribution in [0, 0.1) is 6.92 Å². The highest BCUT2D eigenvalue weighted by Crippen LogP contribution is 2.21. The zero-order valence-corrected chi connectivity index (χ0v) is 14.9. The number of nitrogens with one attached hydrogen (secondary N) is 1. The first-order valence-electron chi connectivity index (χ1n) is 7.19. The minimum atomic E-state index is -3.45. The summed E-state index contributed by atoms with van der Waals surface area (Å²) in [4.78, 5) is 0.365. The van der Waals surface area contributed by atoms with E-state index in [1.54, 1.807) is 6.07 Å². The molecule has 0 saturated heterocycles. The van der Waals surface area contributed by atoms with Crippen LogP contribution in [0.3, 0.4) is 0 Å². The number of aryl methyl sites for hydroxylation is 1. The zero-order valence-electron chi connectivity index (χ0n) is 12.4. The molecule has 1 aromatic carbocycles. The van der Waals surface area contributed by atoms with E-state index >= 15 is 0 Å². The second-order valence-electron chi connectivity index (χ2n) is 5.16. The van der Waals surface area contributed by atoms with Crippen LogP contribution in [-0.4, -0.2) is 14.5 Å². The van der Waals surface area contributed by atoms with E-state index in [2.05, 4.69) is 34.5 Å².